The Kier molecular flexibility index (Phi) is 5.72. The predicted molar refractivity (Wildman–Crippen MR) is 97.8 cm³/mol. The number of anilines is 1. The van der Waals surface area contributed by atoms with Crippen LogP contribution in [0.25, 0.3) is 10.9 Å². The first-order valence-electron chi connectivity index (χ1n) is 8.16. The maximum Gasteiger partial charge on any atom is 0.356 e. The van der Waals surface area contributed by atoms with E-state index < -0.39 is 5.97 Å². The summed E-state index contributed by atoms with van der Waals surface area (Å²) in [6.45, 7) is 4.96. The van der Waals surface area contributed by atoms with E-state index in [1.54, 1.807) is 6.92 Å². The summed E-state index contributed by atoms with van der Waals surface area (Å²) in [5.74, 6) is -0.662. The Labute approximate surface area is 153 Å². The molecule has 0 unspecified atom stereocenters. The fourth-order valence-electron chi connectivity index (χ4n) is 2.79. The van der Waals surface area contributed by atoms with E-state index in [-0.39, 0.29) is 24.8 Å². The van der Waals surface area contributed by atoms with Gasteiger partial charge in [0.1, 0.15) is 5.69 Å². The Balaban J connectivity index is 1.86. The maximum absolute atomic E-state index is 12.5. The highest BCUT2D eigenvalue weighted by molar-refractivity contribution is 9.10. The van der Waals surface area contributed by atoms with Gasteiger partial charge in [0, 0.05) is 28.5 Å². The molecule has 1 aromatic carbocycles. The number of nitrogens with zero attached hydrogens (tertiary/aromatic N) is 1. The summed E-state index contributed by atoms with van der Waals surface area (Å²) in [7, 11) is 0. The number of rotatable bonds is 5. The van der Waals surface area contributed by atoms with Crippen LogP contribution in [-0.2, 0) is 14.3 Å². The van der Waals surface area contributed by atoms with Gasteiger partial charge < -0.3 is 19.8 Å². The molecule has 134 valence electrons. The minimum atomic E-state index is -0.489. The minimum Gasteiger partial charge on any atom is -0.461 e. The summed E-state index contributed by atoms with van der Waals surface area (Å²) in [6, 6.07) is 5.58. The van der Waals surface area contributed by atoms with Gasteiger partial charge in [-0.05, 0) is 25.1 Å². The second kappa shape index (κ2) is 7.99. The standard InChI is InChI=1S/C17H20BrN3O4/c1-2-25-17(23)16-15(12-9-11(18)3-4-13(12)19-16)20-14(22)10-21-5-7-24-8-6-21/h3-4,9,19H,2,5-8,10H2,1H3,(H,20,22). The zero-order valence-electron chi connectivity index (χ0n) is 13.9. The van der Waals surface area contributed by atoms with E-state index in [1.165, 1.54) is 0 Å². The van der Waals surface area contributed by atoms with Crippen LogP contribution in [0.4, 0.5) is 5.69 Å². The van der Waals surface area contributed by atoms with E-state index in [0.29, 0.717) is 18.9 Å². The molecule has 2 N–H and O–H groups in total. The SMILES string of the molecule is CCOC(=O)c1[nH]c2ccc(Br)cc2c1NC(=O)CN1CCOCC1. The molecule has 1 fully saturated rings. The van der Waals surface area contributed by atoms with Crippen LogP contribution < -0.4 is 5.32 Å². The third-order valence-electron chi connectivity index (χ3n) is 3.98. The second-order valence-corrected chi connectivity index (χ2v) is 6.64. The van der Waals surface area contributed by atoms with Crippen LogP contribution in [0.15, 0.2) is 22.7 Å². The molecule has 0 aliphatic carbocycles. The number of hydrogen-bond donors (Lipinski definition) is 2. The van der Waals surface area contributed by atoms with Gasteiger partial charge in [-0.1, -0.05) is 15.9 Å². The Morgan fingerprint density at radius 2 is 2.12 bits per heavy atom. The number of halogens is 1. The fraction of sp³-hybridized carbons (Fsp3) is 0.412. The molecule has 0 bridgehead atoms. The van der Waals surface area contributed by atoms with Crippen LogP contribution in [0.3, 0.4) is 0 Å². The number of H-pyrrole nitrogens is 1. The number of ether oxygens (including phenoxy) is 2. The molecule has 8 heteroatoms. The van der Waals surface area contributed by atoms with Gasteiger partial charge in [-0.2, -0.15) is 0 Å². The normalized spacial score (nSPS) is 15.3. The van der Waals surface area contributed by atoms with Crippen LogP contribution in [-0.4, -0.2) is 61.2 Å². The van der Waals surface area contributed by atoms with Crippen molar-refractivity contribution in [3.8, 4) is 0 Å². The third kappa shape index (κ3) is 4.20. The molecule has 2 aromatic rings. The van der Waals surface area contributed by atoms with Crippen LogP contribution in [0.1, 0.15) is 17.4 Å². The van der Waals surface area contributed by atoms with E-state index in [4.69, 9.17) is 9.47 Å². The minimum absolute atomic E-state index is 0.173. The summed E-state index contributed by atoms with van der Waals surface area (Å²) >= 11 is 3.42. The van der Waals surface area contributed by atoms with Crippen molar-refractivity contribution in [1.82, 2.24) is 9.88 Å². The number of morpholine rings is 1. The number of carbonyl (C=O) groups excluding carboxylic acids is 2. The number of hydrogen-bond acceptors (Lipinski definition) is 5. The lowest BCUT2D eigenvalue weighted by atomic mass is 10.2. The molecular weight excluding hydrogens is 390 g/mol. The molecule has 0 spiro atoms. The summed E-state index contributed by atoms with van der Waals surface area (Å²) in [5.41, 5.74) is 1.46. The van der Waals surface area contributed by atoms with Gasteiger partial charge in [0.2, 0.25) is 5.91 Å². The highest BCUT2D eigenvalue weighted by Gasteiger charge is 2.22. The van der Waals surface area contributed by atoms with Crippen molar-refractivity contribution in [2.24, 2.45) is 0 Å². The maximum atomic E-state index is 12.5. The fourth-order valence-corrected chi connectivity index (χ4v) is 3.15. The van der Waals surface area contributed by atoms with Crippen molar-refractivity contribution >= 4 is 44.4 Å². The van der Waals surface area contributed by atoms with Crippen molar-refractivity contribution in [3.05, 3.63) is 28.4 Å². The van der Waals surface area contributed by atoms with Crippen LogP contribution in [0.5, 0.6) is 0 Å². The summed E-state index contributed by atoms with van der Waals surface area (Å²) < 4.78 is 11.2. The lowest BCUT2D eigenvalue weighted by Crippen LogP contribution is -2.41. The van der Waals surface area contributed by atoms with Crippen LogP contribution >= 0.6 is 15.9 Å². The Hall–Kier alpha value is -1.90. The molecule has 1 saturated heterocycles. The average Bonchev–Trinajstić information content (AvgIpc) is 2.94. The lowest BCUT2D eigenvalue weighted by molar-refractivity contribution is -0.118. The number of nitrogens with one attached hydrogen (secondary N) is 2. The topological polar surface area (TPSA) is 83.7 Å². The zero-order chi connectivity index (χ0) is 17.8. The molecule has 7 nitrogen and oxygen atoms in total. The lowest BCUT2D eigenvalue weighted by Gasteiger charge is -2.25. The van der Waals surface area contributed by atoms with E-state index >= 15 is 0 Å². The van der Waals surface area contributed by atoms with Crippen LogP contribution in [0.2, 0.25) is 0 Å². The molecule has 0 radical (unpaired) electrons. The first kappa shape index (κ1) is 17.9. The monoisotopic (exact) mass is 409 g/mol. The van der Waals surface area contributed by atoms with Gasteiger partial charge in [0.25, 0.3) is 0 Å². The van der Waals surface area contributed by atoms with Crippen molar-refractivity contribution in [3.63, 3.8) is 0 Å². The van der Waals surface area contributed by atoms with Crippen molar-refractivity contribution in [1.29, 1.82) is 0 Å². The van der Waals surface area contributed by atoms with E-state index in [9.17, 15) is 9.59 Å². The molecule has 3 rings (SSSR count). The van der Waals surface area contributed by atoms with Gasteiger partial charge >= 0.3 is 5.97 Å². The highest BCUT2D eigenvalue weighted by atomic mass is 79.9. The Morgan fingerprint density at radius 3 is 2.84 bits per heavy atom. The number of amides is 1. The second-order valence-electron chi connectivity index (χ2n) is 5.72. The summed E-state index contributed by atoms with van der Waals surface area (Å²) in [4.78, 5) is 29.8. The number of carbonyl (C=O) groups is 2. The Morgan fingerprint density at radius 1 is 1.36 bits per heavy atom. The van der Waals surface area contributed by atoms with E-state index in [1.807, 2.05) is 23.1 Å². The van der Waals surface area contributed by atoms with Gasteiger partial charge in [-0.3, -0.25) is 9.69 Å². The highest BCUT2D eigenvalue weighted by Crippen LogP contribution is 2.30. The quantitative estimate of drug-likeness (QED) is 0.740. The average molecular weight is 410 g/mol. The van der Waals surface area contributed by atoms with Crippen molar-refractivity contribution < 1.29 is 19.1 Å². The summed E-state index contributed by atoms with van der Waals surface area (Å²) in [5, 5.41) is 3.63. The van der Waals surface area contributed by atoms with Crippen LogP contribution in [0, 0.1) is 0 Å². The van der Waals surface area contributed by atoms with Gasteiger partial charge in [0.05, 0.1) is 32.1 Å². The third-order valence-corrected chi connectivity index (χ3v) is 4.47. The number of esters is 1. The van der Waals surface area contributed by atoms with Crippen molar-refractivity contribution in [2.45, 2.75) is 6.92 Å². The molecule has 1 aromatic heterocycles. The largest absolute Gasteiger partial charge is 0.461 e. The molecule has 25 heavy (non-hydrogen) atoms. The van der Waals surface area contributed by atoms with Gasteiger partial charge in [-0.25, -0.2) is 4.79 Å². The molecule has 1 amide bonds. The van der Waals surface area contributed by atoms with Gasteiger partial charge in [0.15, 0.2) is 0 Å². The first-order valence-corrected chi connectivity index (χ1v) is 8.96. The molecule has 1 aliphatic heterocycles. The van der Waals surface area contributed by atoms with E-state index in [0.717, 1.165) is 28.5 Å². The van der Waals surface area contributed by atoms with E-state index in [2.05, 4.69) is 26.2 Å². The number of aromatic nitrogens is 1. The molecule has 0 atom stereocenters. The van der Waals surface area contributed by atoms with Crippen molar-refractivity contribution in [2.75, 3.05) is 44.8 Å². The number of benzene rings is 1. The Bertz CT molecular complexity index is 784. The molecule has 1 aliphatic rings. The molecule has 2 heterocycles. The zero-order valence-corrected chi connectivity index (χ0v) is 15.5. The van der Waals surface area contributed by atoms with Gasteiger partial charge in [-0.15, -0.1) is 0 Å². The molecular formula is C17H20BrN3O4. The smallest absolute Gasteiger partial charge is 0.356 e. The summed E-state index contributed by atoms with van der Waals surface area (Å²) in [6.07, 6.45) is 0. The number of fused-ring (bicyclic) bond motifs is 1. The predicted octanol–water partition coefficient (Wildman–Crippen LogP) is 2.38. The number of aromatic amines is 1. The molecule has 0 saturated carbocycles. The first-order chi connectivity index (χ1) is 12.1.